The van der Waals surface area contributed by atoms with Gasteiger partial charge in [-0.15, -0.1) is 0 Å². The van der Waals surface area contributed by atoms with E-state index in [1.807, 2.05) is 0 Å². The summed E-state index contributed by atoms with van der Waals surface area (Å²) in [6.07, 6.45) is 86.7. The molecule has 0 aliphatic carbocycles. The van der Waals surface area contributed by atoms with Gasteiger partial charge < -0.3 is 34.2 Å². The molecule has 0 aromatic heterocycles. The van der Waals surface area contributed by atoms with Crippen LogP contribution >= 0.6 is 15.6 Å². The van der Waals surface area contributed by atoms with Crippen LogP contribution in [0.15, 0.2) is 122 Å². The van der Waals surface area contributed by atoms with Gasteiger partial charge in [0.1, 0.15) is 25.4 Å². The molecule has 0 amide bonds. The predicted molar refractivity (Wildman–Crippen MR) is 408 cm³/mol. The van der Waals surface area contributed by atoms with Crippen molar-refractivity contribution >= 4 is 33.6 Å². The van der Waals surface area contributed by atoms with E-state index >= 15 is 0 Å². The van der Waals surface area contributed by atoms with Crippen LogP contribution in [0.1, 0.15) is 316 Å². The van der Waals surface area contributed by atoms with Crippen LogP contribution in [-0.2, 0) is 55.8 Å². The number of carbonyl (C=O) groups is 3. The van der Waals surface area contributed by atoms with Gasteiger partial charge in [-0.05, 0) is 109 Å². The van der Waals surface area contributed by atoms with Crippen molar-refractivity contribution < 1.29 is 75.8 Å². The highest BCUT2D eigenvalue weighted by atomic mass is 31.2. The Morgan fingerprint density at radius 1 is 0.293 bits per heavy atom. The van der Waals surface area contributed by atoms with Gasteiger partial charge in [0.15, 0.2) is 6.10 Å². The van der Waals surface area contributed by atoms with Crippen LogP contribution < -0.4 is 0 Å². The zero-order chi connectivity index (χ0) is 72.3. The fourth-order valence-electron chi connectivity index (χ4n) is 10.3. The molecule has 0 aliphatic heterocycles. The van der Waals surface area contributed by atoms with Gasteiger partial charge in [-0.1, -0.05) is 309 Å². The number of phosphoric ester groups is 2. The lowest BCUT2D eigenvalue weighted by atomic mass is 10.0. The summed E-state index contributed by atoms with van der Waals surface area (Å²) in [4.78, 5) is 58.6. The van der Waals surface area contributed by atoms with Crippen LogP contribution in [0, 0.1) is 0 Å². The second-order valence-corrected chi connectivity index (χ2v) is 28.7. The molecule has 18 heteroatoms. The maximum absolute atomic E-state index is 13.0. The molecule has 0 spiro atoms. The second-order valence-electron chi connectivity index (χ2n) is 25.8. The fourth-order valence-corrected chi connectivity index (χ4v) is 11.9. The minimum atomic E-state index is -4.93. The maximum atomic E-state index is 13.0. The third kappa shape index (κ3) is 74.9. The van der Waals surface area contributed by atoms with E-state index in [1.54, 1.807) is 0 Å². The highest BCUT2D eigenvalue weighted by Crippen LogP contribution is 2.45. The average molecular weight is 1430 g/mol. The van der Waals surface area contributed by atoms with Crippen LogP contribution in [-0.4, -0.2) is 95.9 Å². The van der Waals surface area contributed by atoms with Crippen LogP contribution in [0.2, 0.25) is 0 Å². The standard InChI is InChI=1S/C81H140O16P2/c1-4-7-10-13-16-19-22-25-28-30-32-33-34-35-36-37-38-39-40-41-43-45-47-49-52-55-58-61-64-67-79(84)91-70-76(82)71-93-98(87,88)94-72-77(83)73-95-99(89,90)96-75-78(97-81(86)69-66-63-60-57-54-51-46-27-24-21-18-15-12-9-6-3)74-92-80(85)68-65-62-59-56-53-50-48-44-42-31-29-26-23-20-17-14-11-8-5-2/h7-8,10-11,16-17,19-20,25-26,28-29,32-33,35-36,38-39,42,44,76-78,82-83H,4-6,9,12-15,18,21-24,27,30-31,34,37,40-41,43,45-75H2,1-3H3,(H,87,88)(H,89,90)/b10-7-,11-8-,19-16-,20-17-,28-25-,29-26-,33-32-,36-35-,39-38-,44-42-. The van der Waals surface area contributed by atoms with Crippen molar-refractivity contribution in [3.63, 3.8) is 0 Å². The molecular formula is C81H140O16P2. The molecule has 0 saturated carbocycles. The van der Waals surface area contributed by atoms with Crippen molar-refractivity contribution in [3.8, 4) is 0 Å². The zero-order valence-electron chi connectivity index (χ0n) is 62.1. The first-order valence-electron chi connectivity index (χ1n) is 38.8. The Morgan fingerprint density at radius 2 is 0.535 bits per heavy atom. The summed E-state index contributed by atoms with van der Waals surface area (Å²) >= 11 is 0. The Hall–Kier alpha value is -4.05. The third-order valence-corrected chi connectivity index (χ3v) is 18.1. The maximum Gasteiger partial charge on any atom is 0.472 e. The lowest BCUT2D eigenvalue weighted by Gasteiger charge is -2.21. The number of carbonyl (C=O) groups excluding carboxylic acids is 3. The average Bonchev–Trinajstić information content (AvgIpc) is 1.73. The van der Waals surface area contributed by atoms with Crippen molar-refractivity contribution in [2.45, 2.75) is 334 Å². The minimum absolute atomic E-state index is 0.103. The number of ether oxygens (including phenoxy) is 3. The van der Waals surface area contributed by atoms with Gasteiger partial charge in [0, 0.05) is 19.3 Å². The van der Waals surface area contributed by atoms with Crippen LogP contribution in [0.4, 0.5) is 0 Å². The molecule has 0 bridgehead atoms. The normalized spacial score (nSPS) is 14.7. The second kappa shape index (κ2) is 73.7. The van der Waals surface area contributed by atoms with E-state index < -0.39 is 91.5 Å². The monoisotopic (exact) mass is 1430 g/mol. The molecule has 0 radical (unpaired) electrons. The Kier molecular flexibility index (Phi) is 70.7. The highest BCUT2D eigenvalue weighted by molar-refractivity contribution is 7.47. The van der Waals surface area contributed by atoms with Crippen molar-refractivity contribution in [2.75, 3.05) is 39.6 Å². The number of aliphatic hydroxyl groups is 2. The van der Waals surface area contributed by atoms with Crippen molar-refractivity contribution in [1.29, 1.82) is 0 Å². The molecule has 4 N–H and O–H groups in total. The smallest absolute Gasteiger partial charge is 0.463 e. The number of hydrogen-bond donors (Lipinski definition) is 4. The minimum Gasteiger partial charge on any atom is -0.463 e. The first-order chi connectivity index (χ1) is 48.2. The van der Waals surface area contributed by atoms with Gasteiger partial charge in [0.2, 0.25) is 0 Å². The largest absolute Gasteiger partial charge is 0.472 e. The molecule has 0 aromatic carbocycles. The van der Waals surface area contributed by atoms with E-state index in [1.165, 1.54) is 96.3 Å². The lowest BCUT2D eigenvalue weighted by Crippen LogP contribution is -2.30. The topological polar surface area (TPSA) is 231 Å². The molecule has 570 valence electrons. The SMILES string of the molecule is CC/C=C\C/C=C\C/C=C\C/C=C\C/C=C\C/C=C\CCCCCCCCCCCCC(=O)OCC(O)COP(=O)(O)OCC(O)COP(=O)(O)OCC(COC(=O)CCCCCCCC/C=C\C/C=C\C/C=C\C/C=C\CC)OC(=O)CCCCCCCCCCCCCCCCC. The fraction of sp³-hybridized carbons (Fsp3) is 0.716. The van der Waals surface area contributed by atoms with Crippen molar-refractivity contribution in [2.24, 2.45) is 0 Å². The molecule has 0 heterocycles. The summed E-state index contributed by atoms with van der Waals surface area (Å²) in [7, 11) is -9.79. The summed E-state index contributed by atoms with van der Waals surface area (Å²) in [5.74, 6) is -1.59. The van der Waals surface area contributed by atoms with Gasteiger partial charge in [0.25, 0.3) is 0 Å². The molecule has 0 fully saturated rings. The number of esters is 3. The van der Waals surface area contributed by atoms with Gasteiger partial charge >= 0.3 is 33.6 Å². The number of aliphatic hydroxyl groups excluding tert-OH is 2. The molecule has 0 aromatic rings. The van der Waals surface area contributed by atoms with Crippen molar-refractivity contribution in [1.82, 2.24) is 0 Å². The molecule has 0 saturated heterocycles. The highest BCUT2D eigenvalue weighted by Gasteiger charge is 2.29. The first kappa shape index (κ1) is 94.9. The number of rotatable bonds is 73. The number of unbranched alkanes of at least 4 members (excludes halogenated alkanes) is 30. The first-order valence-corrected chi connectivity index (χ1v) is 41.8. The zero-order valence-corrected chi connectivity index (χ0v) is 63.9. The summed E-state index contributed by atoms with van der Waals surface area (Å²) in [5.41, 5.74) is 0. The van der Waals surface area contributed by atoms with Gasteiger partial charge in [-0.25, -0.2) is 9.13 Å². The van der Waals surface area contributed by atoms with Crippen LogP contribution in [0.3, 0.4) is 0 Å². The Morgan fingerprint density at radius 3 is 0.848 bits per heavy atom. The Balaban J connectivity index is 4.53. The van der Waals surface area contributed by atoms with E-state index in [-0.39, 0.29) is 19.3 Å². The van der Waals surface area contributed by atoms with Crippen molar-refractivity contribution in [3.05, 3.63) is 122 Å². The van der Waals surface area contributed by atoms with E-state index in [0.29, 0.717) is 19.3 Å². The van der Waals surface area contributed by atoms with Gasteiger partial charge in [-0.3, -0.25) is 32.5 Å². The summed E-state index contributed by atoms with van der Waals surface area (Å²) in [6, 6.07) is 0. The molecule has 16 nitrogen and oxygen atoms in total. The van der Waals surface area contributed by atoms with Crippen LogP contribution in [0.5, 0.6) is 0 Å². The number of phosphoric acid groups is 2. The van der Waals surface area contributed by atoms with E-state index in [9.17, 15) is 43.5 Å². The number of allylic oxidation sites excluding steroid dienone is 20. The van der Waals surface area contributed by atoms with E-state index in [4.69, 9.17) is 32.3 Å². The lowest BCUT2D eigenvalue weighted by molar-refractivity contribution is -0.161. The molecule has 99 heavy (non-hydrogen) atoms. The quantitative estimate of drug-likeness (QED) is 0.0146. The molecule has 5 unspecified atom stereocenters. The van der Waals surface area contributed by atoms with Gasteiger partial charge in [0.05, 0.1) is 26.4 Å². The summed E-state index contributed by atoms with van der Waals surface area (Å²) in [5, 5.41) is 20.6. The Labute approximate surface area is 602 Å². The molecular weight excluding hydrogens is 1290 g/mol. The number of hydrogen-bond acceptors (Lipinski definition) is 14. The van der Waals surface area contributed by atoms with E-state index in [0.717, 1.165) is 161 Å². The molecule has 5 atom stereocenters. The molecule has 0 aliphatic rings. The Bertz CT molecular complexity index is 2290. The summed E-state index contributed by atoms with van der Waals surface area (Å²) in [6.45, 7) is 2.46. The summed E-state index contributed by atoms with van der Waals surface area (Å²) < 4.78 is 61.1. The predicted octanol–water partition coefficient (Wildman–Crippen LogP) is 22.5. The molecule has 0 rings (SSSR count). The van der Waals surface area contributed by atoms with E-state index in [2.05, 4.69) is 142 Å². The third-order valence-electron chi connectivity index (χ3n) is 16.2. The van der Waals surface area contributed by atoms with Gasteiger partial charge in [-0.2, -0.15) is 0 Å². The van der Waals surface area contributed by atoms with Crippen LogP contribution in [0.25, 0.3) is 0 Å².